The normalized spacial score (nSPS) is 14.9. The van der Waals surface area contributed by atoms with Crippen molar-refractivity contribution >= 4 is 16.7 Å². The summed E-state index contributed by atoms with van der Waals surface area (Å²) in [5.41, 5.74) is 9.41. The van der Waals surface area contributed by atoms with Gasteiger partial charge < -0.3 is 14.8 Å². The average molecular weight is 454 g/mol. The van der Waals surface area contributed by atoms with Crippen LogP contribution in [0, 0.1) is 13.8 Å². The summed E-state index contributed by atoms with van der Waals surface area (Å²) in [5, 5.41) is 1.29. The molecule has 0 saturated carbocycles. The molecule has 3 aromatic heterocycles. The topological polar surface area (TPSA) is 48.0 Å². The second-order valence-corrected chi connectivity index (χ2v) is 9.79. The number of rotatable bonds is 5. The maximum atomic E-state index is 4.83. The minimum absolute atomic E-state index is 0.398. The lowest BCUT2D eigenvalue weighted by Crippen LogP contribution is -2.46. The molecule has 0 unspecified atom stereocenters. The number of anilines is 1. The fourth-order valence-electron chi connectivity index (χ4n) is 5.24. The first-order valence-corrected chi connectivity index (χ1v) is 12.5. The summed E-state index contributed by atoms with van der Waals surface area (Å²) in [6, 6.07) is 15.5. The Morgan fingerprint density at radius 1 is 0.882 bits per heavy atom. The largest absolute Gasteiger partial charge is 0.354 e. The molecule has 1 fully saturated rings. The third-order valence-electron chi connectivity index (χ3n) is 7.01. The van der Waals surface area contributed by atoms with Crippen molar-refractivity contribution < 1.29 is 0 Å². The van der Waals surface area contributed by atoms with Gasteiger partial charge in [0.2, 0.25) is 0 Å². The molecule has 5 nitrogen and oxygen atoms in total. The summed E-state index contributed by atoms with van der Waals surface area (Å²) in [4.78, 5) is 18.0. The number of nitrogens with zero attached hydrogens (tertiary/aromatic N) is 4. The molecule has 0 atom stereocenters. The van der Waals surface area contributed by atoms with E-state index in [9.17, 15) is 0 Å². The Kier molecular flexibility index (Phi) is 6.13. The van der Waals surface area contributed by atoms with Gasteiger partial charge in [0.05, 0.1) is 5.69 Å². The second-order valence-electron chi connectivity index (χ2n) is 9.79. The predicted molar refractivity (Wildman–Crippen MR) is 143 cm³/mol. The molecule has 1 aliphatic rings. The third-order valence-corrected chi connectivity index (χ3v) is 7.01. The number of aromatic nitrogens is 3. The number of fused-ring (bicyclic) bond motifs is 1. The SMILES string of the molecule is CCN1CCN(c2ccc(-c3ccc4[nH]c(-c5cc(C)nc(C)c5)c(C(C)C)c4c3)cn2)CC1. The fraction of sp³-hybridized carbons (Fsp3) is 0.379. The van der Waals surface area contributed by atoms with E-state index in [1.165, 1.54) is 33.3 Å². The van der Waals surface area contributed by atoms with E-state index >= 15 is 0 Å². The van der Waals surface area contributed by atoms with Crippen LogP contribution in [0.3, 0.4) is 0 Å². The summed E-state index contributed by atoms with van der Waals surface area (Å²) in [6.07, 6.45) is 2.03. The van der Waals surface area contributed by atoms with Crippen molar-refractivity contribution in [2.45, 2.75) is 40.5 Å². The number of aryl methyl sites for hydroxylation is 2. The summed E-state index contributed by atoms with van der Waals surface area (Å²) in [5.74, 6) is 1.48. The molecule has 4 heterocycles. The Balaban J connectivity index is 1.49. The zero-order valence-electron chi connectivity index (χ0n) is 21.0. The first-order chi connectivity index (χ1) is 16.4. The molecule has 1 aromatic carbocycles. The van der Waals surface area contributed by atoms with Gasteiger partial charge in [0.25, 0.3) is 0 Å². The maximum Gasteiger partial charge on any atom is 0.128 e. The van der Waals surface area contributed by atoms with Gasteiger partial charge in [-0.25, -0.2) is 4.98 Å². The molecule has 0 radical (unpaired) electrons. The lowest BCUT2D eigenvalue weighted by Gasteiger charge is -2.34. The zero-order chi connectivity index (χ0) is 23.8. The van der Waals surface area contributed by atoms with Gasteiger partial charge in [0.1, 0.15) is 5.82 Å². The quantitative estimate of drug-likeness (QED) is 0.392. The fourth-order valence-corrected chi connectivity index (χ4v) is 5.24. The van der Waals surface area contributed by atoms with Crippen LogP contribution in [0.15, 0.2) is 48.7 Å². The highest BCUT2D eigenvalue weighted by Gasteiger charge is 2.19. The molecule has 34 heavy (non-hydrogen) atoms. The smallest absolute Gasteiger partial charge is 0.128 e. The van der Waals surface area contributed by atoms with E-state index in [1.54, 1.807) is 0 Å². The molecular formula is C29H35N5. The molecule has 5 heteroatoms. The Hall–Kier alpha value is -3.18. The number of pyridine rings is 2. The van der Waals surface area contributed by atoms with Crippen molar-refractivity contribution in [3.05, 3.63) is 65.6 Å². The number of piperazine rings is 1. The van der Waals surface area contributed by atoms with Crippen LogP contribution >= 0.6 is 0 Å². The lowest BCUT2D eigenvalue weighted by atomic mass is 9.94. The van der Waals surface area contributed by atoms with Crippen LogP contribution in [-0.4, -0.2) is 52.6 Å². The van der Waals surface area contributed by atoms with Gasteiger partial charge in [-0.15, -0.1) is 0 Å². The van der Waals surface area contributed by atoms with Gasteiger partial charge >= 0.3 is 0 Å². The van der Waals surface area contributed by atoms with E-state index in [-0.39, 0.29) is 0 Å². The Labute approximate surface area is 202 Å². The average Bonchev–Trinajstić information content (AvgIpc) is 3.23. The number of hydrogen-bond acceptors (Lipinski definition) is 4. The van der Waals surface area contributed by atoms with E-state index in [1.807, 2.05) is 6.20 Å². The molecular weight excluding hydrogens is 418 g/mol. The van der Waals surface area contributed by atoms with E-state index < -0.39 is 0 Å². The van der Waals surface area contributed by atoms with Crippen molar-refractivity contribution in [3.8, 4) is 22.4 Å². The molecule has 1 N–H and O–H groups in total. The van der Waals surface area contributed by atoms with Gasteiger partial charge in [-0.2, -0.15) is 0 Å². The van der Waals surface area contributed by atoms with Crippen molar-refractivity contribution in [2.24, 2.45) is 0 Å². The first-order valence-electron chi connectivity index (χ1n) is 12.5. The molecule has 4 aromatic rings. The highest BCUT2D eigenvalue weighted by molar-refractivity contribution is 5.94. The van der Waals surface area contributed by atoms with E-state index in [0.717, 1.165) is 55.5 Å². The van der Waals surface area contributed by atoms with Gasteiger partial charge in [-0.1, -0.05) is 26.8 Å². The first kappa shape index (κ1) is 22.6. The molecule has 1 aliphatic heterocycles. The number of likely N-dealkylation sites (N-methyl/N-ethyl adjacent to an activating group) is 1. The van der Waals surface area contributed by atoms with Crippen LogP contribution in [-0.2, 0) is 0 Å². The lowest BCUT2D eigenvalue weighted by molar-refractivity contribution is 0.270. The summed E-state index contributed by atoms with van der Waals surface area (Å²) >= 11 is 0. The van der Waals surface area contributed by atoms with Gasteiger partial charge in [-0.3, -0.25) is 4.98 Å². The van der Waals surface area contributed by atoms with Crippen LogP contribution in [0.2, 0.25) is 0 Å². The van der Waals surface area contributed by atoms with E-state index in [0.29, 0.717) is 5.92 Å². The second kappa shape index (κ2) is 9.22. The van der Waals surface area contributed by atoms with E-state index in [4.69, 9.17) is 4.98 Å². The number of aromatic amines is 1. The Bertz CT molecular complexity index is 1270. The molecule has 1 saturated heterocycles. The standard InChI is InChI=1S/C29H35N5/c1-6-33-11-13-34(14-12-33)27-10-8-23(18-30-27)22-7-9-26-25(17-22)28(19(2)3)29(32-26)24-15-20(4)31-21(5)16-24/h7-10,15-19,32H,6,11-14H2,1-5H3. The van der Waals surface area contributed by atoms with Crippen LogP contribution in [0.25, 0.3) is 33.3 Å². The molecule has 0 amide bonds. The summed E-state index contributed by atoms with van der Waals surface area (Å²) < 4.78 is 0. The number of benzene rings is 1. The monoisotopic (exact) mass is 453 g/mol. The predicted octanol–water partition coefficient (Wildman–Crippen LogP) is 6.17. The number of hydrogen-bond donors (Lipinski definition) is 1. The minimum Gasteiger partial charge on any atom is -0.354 e. The zero-order valence-corrected chi connectivity index (χ0v) is 21.0. The molecule has 176 valence electrons. The highest BCUT2D eigenvalue weighted by Crippen LogP contribution is 2.37. The van der Waals surface area contributed by atoms with Crippen molar-refractivity contribution in [1.29, 1.82) is 0 Å². The molecule has 0 bridgehead atoms. The van der Waals surface area contributed by atoms with Gasteiger partial charge in [-0.05, 0) is 73.8 Å². The van der Waals surface area contributed by atoms with Crippen LogP contribution in [0.4, 0.5) is 5.82 Å². The summed E-state index contributed by atoms with van der Waals surface area (Å²) in [6.45, 7) is 16.3. The van der Waals surface area contributed by atoms with Crippen LogP contribution in [0.1, 0.15) is 43.6 Å². The van der Waals surface area contributed by atoms with Gasteiger partial charge in [0.15, 0.2) is 0 Å². The van der Waals surface area contributed by atoms with Crippen LogP contribution < -0.4 is 4.90 Å². The molecule has 0 spiro atoms. The highest BCUT2D eigenvalue weighted by atomic mass is 15.3. The number of nitrogens with one attached hydrogen (secondary N) is 1. The van der Waals surface area contributed by atoms with Crippen LogP contribution in [0.5, 0.6) is 0 Å². The molecule has 5 rings (SSSR count). The van der Waals surface area contributed by atoms with E-state index in [2.05, 4.69) is 96.9 Å². The summed E-state index contributed by atoms with van der Waals surface area (Å²) in [7, 11) is 0. The third kappa shape index (κ3) is 4.32. The Morgan fingerprint density at radius 3 is 2.21 bits per heavy atom. The van der Waals surface area contributed by atoms with Gasteiger partial charge in [0, 0.05) is 65.8 Å². The number of H-pyrrole nitrogens is 1. The molecule has 0 aliphatic carbocycles. The minimum atomic E-state index is 0.398. The van der Waals surface area contributed by atoms with Crippen molar-refractivity contribution in [2.75, 3.05) is 37.6 Å². The van der Waals surface area contributed by atoms with Crippen molar-refractivity contribution in [1.82, 2.24) is 19.9 Å². The maximum absolute atomic E-state index is 4.83. The Morgan fingerprint density at radius 2 is 1.59 bits per heavy atom. The van der Waals surface area contributed by atoms with Crippen molar-refractivity contribution in [3.63, 3.8) is 0 Å².